The summed E-state index contributed by atoms with van der Waals surface area (Å²) in [5.41, 5.74) is 1.38. The predicted molar refractivity (Wildman–Crippen MR) is 79.7 cm³/mol. The zero-order valence-electron chi connectivity index (χ0n) is 13.1. The fourth-order valence-electron chi connectivity index (χ4n) is 2.35. The molecule has 0 bridgehead atoms. The first-order valence-corrected chi connectivity index (χ1v) is 7.12. The van der Waals surface area contributed by atoms with Crippen LogP contribution in [-0.2, 0) is 24.4 Å². The van der Waals surface area contributed by atoms with E-state index in [9.17, 15) is 18.0 Å². The van der Waals surface area contributed by atoms with Gasteiger partial charge in [-0.15, -0.1) is 0 Å². The minimum absolute atomic E-state index is 0.104. The number of halogens is 3. The topological polar surface area (TPSA) is 46.9 Å². The molecule has 2 rings (SSSR count). The van der Waals surface area contributed by atoms with Crippen molar-refractivity contribution in [1.29, 1.82) is 0 Å². The second-order valence-electron chi connectivity index (χ2n) is 5.47. The van der Waals surface area contributed by atoms with Gasteiger partial charge in [-0.1, -0.05) is 18.2 Å². The lowest BCUT2D eigenvalue weighted by Gasteiger charge is -2.14. The Labute approximate surface area is 132 Å². The molecule has 124 valence electrons. The van der Waals surface area contributed by atoms with Crippen LogP contribution in [0.3, 0.4) is 0 Å². The molecule has 4 nitrogen and oxygen atoms in total. The predicted octanol–water partition coefficient (Wildman–Crippen LogP) is 3.17. The van der Waals surface area contributed by atoms with Crippen LogP contribution in [0.5, 0.6) is 0 Å². The van der Waals surface area contributed by atoms with Crippen LogP contribution in [0.1, 0.15) is 35.3 Å². The number of alkyl halides is 3. The number of hydrogen-bond donors (Lipinski definition) is 1. The molecular formula is C16H18F3N3O. The van der Waals surface area contributed by atoms with E-state index in [0.717, 1.165) is 23.4 Å². The summed E-state index contributed by atoms with van der Waals surface area (Å²) in [6.45, 7) is 3.70. The van der Waals surface area contributed by atoms with E-state index in [1.54, 1.807) is 17.9 Å². The van der Waals surface area contributed by atoms with E-state index in [2.05, 4.69) is 10.4 Å². The second-order valence-corrected chi connectivity index (χ2v) is 5.47. The number of nitrogens with one attached hydrogen (secondary N) is 1. The number of aryl methyl sites for hydroxylation is 1. The Hall–Kier alpha value is -2.31. The number of carbonyl (C=O) groups excluding carboxylic acids is 1. The summed E-state index contributed by atoms with van der Waals surface area (Å²) in [5, 5.41) is 6.89. The molecule has 2 aromatic rings. The van der Waals surface area contributed by atoms with Crippen molar-refractivity contribution in [3.05, 3.63) is 52.8 Å². The van der Waals surface area contributed by atoms with Crippen molar-refractivity contribution < 1.29 is 18.0 Å². The average molecular weight is 325 g/mol. The molecule has 0 spiro atoms. The summed E-state index contributed by atoms with van der Waals surface area (Å²) in [5.74, 6) is -0.333. The molecule has 0 saturated heterocycles. The molecule has 1 aromatic heterocycles. The third-order valence-corrected chi connectivity index (χ3v) is 3.74. The zero-order chi connectivity index (χ0) is 17.2. The third-order valence-electron chi connectivity index (χ3n) is 3.74. The molecule has 1 atom stereocenters. The maximum atomic E-state index is 12.7. The quantitative estimate of drug-likeness (QED) is 0.938. The highest BCUT2D eigenvalue weighted by Crippen LogP contribution is 2.29. The van der Waals surface area contributed by atoms with Crippen molar-refractivity contribution in [1.82, 2.24) is 15.1 Å². The molecule has 1 unspecified atom stereocenters. The van der Waals surface area contributed by atoms with E-state index in [-0.39, 0.29) is 18.4 Å². The van der Waals surface area contributed by atoms with Gasteiger partial charge in [-0.05, 0) is 25.5 Å². The van der Waals surface area contributed by atoms with Crippen LogP contribution in [0.15, 0.2) is 30.5 Å². The fourth-order valence-corrected chi connectivity index (χ4v) is 2.35. The van der Waals surface area contributed by atoms with Crippen molar-refractivity contribution in [3.63, 3.8) is 0 Å². The van der Waals surface area contributed by atoms with Gasteiger partial charge in [0.2, 0.25) is 5.91 Å². The molecule has 23 heavy (non-hydrogen) atoms. The number of nitrogens with zero attached hydrogens (tertiary/aromatic N) is 2. The summed E-state index contributed by atoms with van der Waals surface area (Å²) >= 11 is 0. The van der Waals surface area contributed by atoms with Crippen LogP contribution >= 0.6 is 0 Å². The highest BCUT2D eigenvalue weighted by atomic mass is 19.4. The Kier molecular flexibility index (Phi) is 4.77. The van der Waals surface area contributed by atoms with Crippen LogP contribution in [0.2, 0.25) is 0 Å². The summed E-state index contributed by atoms with van der Waals surface area (Å²) in [6.07, 6.45) is -2.84. The SMILES string of the molecule is Cc1c(C(C)NC(=O)Cc2cccc(C(F)(F)F)c2)cnn1C. The molecule has 7 heteroatoms. The molecule has 0 aliphatic heterocycles. The van der Waals surface area contributed by atoms with Gasteiger partial charge in [0.05, 0.1) is 24.2 Å². The van der Waals surface area contributed by atoms with Gasteiger partial charge < -0.3 is 5.32 Å². The lowest BCUT2D eigenvalue weighted by Crippen LogP contribution is -2.28. The largest absolute Gasteiger partial charge is 0.416 e. The maximum absolute atomic E-state index is 12.7. The molecule has 0 radical (unpaired) electrons. The summed E-state index contributed by atoms with van der Waals surface area (Å²) in [4.78, 5) is 12.1. The van der Waals surface area contributed by atoms with Crippen molar-refractivity contribution in [2.24, 2.45) is 7.05 Å². The van der Waals surface area contributed by atoms with Crippen LogP contribution < -0.4 is 5.32 Å². The van der Waals surface area contributed by atoms with Gasteiger partial charge in [0.25, 0.3) is 0 Å². The van der Waals surface area contributed by atoms with Gasteiger partial charge in [-0.25, -0.2) is 0 Å². The van der Waals surface area contributed by atoms with E-state index >= 15 is 0 Å². The van der Waals surface area contributed by atoms with Crippen molar-refractivity contribution in [3.8, 4) is 0 Å². The van der Waals surface area contributed by atoms with Gasteiger partial charge >= 0.3 is 6.18 Å². The molecule has 1 heterocycles. The smallest absolute Gasteiger partial charge is 0.349 e. The van der Waals surface area contributed by atoms with E-state index in [1.165, 1.54) is 12.1 Å². The Balaban J connectivity index is 2.04. The monoisotopic (exact) mass is 325 g/mol. The summed E-state index contributed by atoms with van der Waals surface area (Å²) in [7, 11) is 1.80. The Morgan fingerprint density at radius 3 is 2.65 bits per heavy atom. The number of aromatic nitrogens is 2. The number of rotatable bonds is 4. The Morgan fingerprint density at radius 2 is 2.09 bits per heavy atom. The number of benzene rings is 1. The van der Waals surface area contributed by atoms with Crippen molar-refractivity contribution >= 4 is 5.91 Å². The van der Waals surface area contributed by atoms with Crippen LogP contribution in [-0.4, -0.2) is 15.7 Å². The van der Waals surface area contributed by atoms with Gasteiger partial charge in [0, 0.05) is 18.3 Å². The highest BCUT2D eigenvalue weighted by Gasteiger charge is 2.30. The lowest BCUT2D eigenvalue weighted by molar-refractivity contribution is -0.137. The first-order chi connectivity index (χ1) is 10.7. The highest BCUT2D eigenvalue weighted by molar-refractivity contribution is 5.79. The molecule has 0 aliphatic carbocycles. The molecule has 0 fully saturated rings. The van der Waals surface area contributed by atoms with E-state index < -0.39 is 11.7 Å². The number of carbonyl (C=O) groups is 1. The van der Waals surface area contributed by atoms with Crippen LogP contribution in [0, 0.1) is 6.92 Å². The molecule has 1 amide bonds. The Bertz CT molecular complexity index is 707. The summed E-state index contributed by atoms with van der Waals surface area (Å²) < 4.78 is 39.7. The maximum Gasteiger partial charge on any atom is 0.416 e. The minimum atomic E-state index is -4.41. The second kappa shape index (κ2) is 6.44. The molecule has 1 aromatic carbocycles. The lowest BCUT2D eigenvalue weighted by atomic mass is 10.1. The van der Waals surface area contributed by atoms with Crippen LogP contribution in [0.4, 0.5) is 13.2 Å². The van der Waals surface area contributed by atoms with Gasteiger partial charge in [0.15, 0.2) is 0 Å². The van der Waals surface area contributed by atoms with Gasteiger partial charge in [0.1, 0.15) is 0 Å². The molecule has 0 aliphatic rings. The van der Waals surface area contributed by atoms with E-state index in [1.807, 2.05) is 13.8 Å². The molecule has 0 saturated carbocycles. The normalized spacial score (nSPS) is 13.0. The molecule has 1 N–H and O–H groups in total. The standard InChI is InChI=1S/C16H18F3N3O/c1-10(14-9-20-22(3)11(14)2)21-15(23)8-12-5-4-6-13(7-12)16(17,18)19/h4-7,9-10H,8H2,1-3H3,(H,21,23). The zero-order valence-corrected chi connectivity index (χ0v) is 13.1. The van der Waals surface area contributed by atoms with E-state index in [4.69, 9.17) is 0 Å². The van der Waals surface area contributed by atoms with Crippen molar-refractivity contribution in [2.75, 3.05) is 0 Å². The third kappa shape index (κ3) is 4.12. The first-order valence-electron chi connectivity index (χ1n) is 7.12. The average Bonchev–Trinajstić information content (AvgIpc) is 2.78. The van der Waals surface area contributed by atoms with E-state index in [0.29, 0.717) is 5.56 Å². The molecular weight excluding hydrogens is 307 g/mol. The number of amides is 1. The summed E-state index contributed by atoms with van der Waals surface area (Å²) in [6, 6.07) is 4.54. The first kappa shape index (κ1) is 17.1. The van der Waals surface area contributed by atoms with Crippen molar-refractivity contribution in [2.45, 2.75) is 32.5 Å². The minimum Gasteiger partial charge on any atom is -0.349 e. The van der Waals surface area contributed by atoms with Crippen LogP contribution in [0.25, 0.3) is 0 Å². The fraction of sp³-hybridized carbons (Fsp3) is 0.375. The van der Waals surface area contributed by atoms with Gasteiger partial charge in [-0.2, -0.15) is 18.3 Å². The number of hydrogen-bond acceptors (Lipinski definition) is 2. The van der Waals surface area contributed by atoms with Gasteiger partial charge in [-0.3, -0.25) is 9.48 Å². The Morgan fingerprint density at radius 1 is 1.39 bits per heavy atom.